The second-order valence-corrected chi connectivity index (χ2v) is 5.36. The molecule has 0 aromatic heterocycles. The second-order valence-electron chi connectivity index (χ2n) is 5.36. The lowest BCUT2D eigenvalue weighted by Crippen LogP contribution is -2.66. The zero-order chi connectivity index (χ0) is 9.43. The Kier molecular flexibility index (Phi) is 2.26. The van der Waals surface area contributed by atoms with Gasteiger partial charge in [-0.25, -0.2) is 0 Å². The fourth-order valence-corrected chi connectivity index (χ4v) is 3.03. The van der Waals surface area contributed by atoms with E-state index in [1.54, 1.807) is 0 Å². The average molecular weight is 196 g/mol. The van der Waals surface area contributed by atoms with Gasteiger partial charge in [0, 0.05) is 25.0 Å². The van der Waals surface area contributed by atoms with Crippen LogP contribution in [0.15, 0.2) is 0 Å². The van der Waals surface area contributed by atoms with Gasteiger partial charge in [0.15, 0.2) is 0 Å². The number of nitrogens with zero attached hydrogens (tertiary/aromatic N) is 1. The first-order valence-electron chi connectivity index (χ1n) is 5.87. The van der Waals surface area contributed by atoms with Crippen LogP contribution < -0.4 is 5.32 Å². The normalized spacial score (nSPS) is 32.6. The van der Waals surface area contributed by atoms with Crippen LogP contribution in [0.4, 0.5) is 0 Å². The Labute approximate surface area is 85.8 Å². The smallest absolute Gasteiger partial charge is 0.0569 e. The van der Waals surface area contributed by atoms with Crippen molar-refractivity contribution in [2.24, 2.45) is 11.3 Å². The molecule has 0 aromatic rings. The Balaban J connectivity index is 1.41. The monoisotopic (exact) mass is 196 g/mol. The van der Waals surface area contributed by atoms with Gasteiger partial charge in [-0.3, -0.25) is 0 Å². The Morgan fingerprint density at radius 1 is 1.21 bits per heavy atom. The van der Waals surface area contributed by atoms with Gasteiger partial charge in [-0.1, -0.05) is 0 Å². The molecule has 0 aliphatic carbocycles. The minimum absolute atomic E-state index is 0.604. The minimum Gasteiger partial charge on any atom is -0.380 e. The maximum atomic E-state index is 5.28. The highest BCUT2D eigenvalue weighted by Crippen LogP contribution is 2.38. The van der Waals surface area contributed by atoms with Crippen molar-refractivity contribution in [1.82, 2.24) is 10.2 Å². The van der Waals surface area contributed by atoms with Gasteiger partial charge in [-0.15, -0.1) is 0 Å². The van der Waals surface area contributed by atoms with Crippen LogP contribution in [0.3, 0.4) is 0 Å². The van der Waals surface area contributed by atoms with Crippen LogP contribution in [-0.2, 0) is 4.74 Å². The summed E-state index contributed by atoms with van der Waals surface area (Å²) in [6, 6.07) is 0. The molecule has 1 spiro atoms. The molecular weight excluding hydrogens is 176 g/mol. The molecule has 0 bridgehead atoms. The maximum absolute atomic E-state index is 5.28. The van der Waals surface area contributed by atoms with E-state index in [1.807, 2.05) is 0 Å². The fraction of sp³-hybridized carbons (Fsp3) is 1.00. The predicted molar refractivity (Wildman–Crippen MR) is 55.3 cm³/mol. The average Bonchev–Trinajstić information content (AvgIpc) is 2.09. The third-order valence-corrected chi connectivity index (χ3v) is 3.91. The molecule has 3 heterocycles. The van der Waals surface area contributed by atoms with Gasteiger partial charge in [0.1, 0.15) is 0 Å². The molecule has 80 valence electrons. The van der Waals surface area contributed by atoms with Gasteiger partial charge in [0.05, 0.1) is 13.2 Å². The van der Waals surface area contributed by atoms with E-state index in [2.05, 4.69) is 10.2 Å². The van der Waals surface area contributed by atoms with Gasteiger partial charge in [0.2, 0.25) is 0 Å². The van der Waals surface area contributed by atoms with Crippen LogP contribution >= 0.6 is 0 Å². The van der Waals surface area contributed by atoms with Crippen LogP contribution in [-0.4, -0.2) is 50.8 Å². The number of hydrogen-bond donors (Lipinski definition) is 1. The zero-order valence-corrected chi connectivity index (χ0v) is 8.80. The first kappa shape index (κ1) is 9.13. The summed E-state index contributed by atoms with van der Waals surface area (Å²) in [6.45, 7) is 8.45. The highest BCUT2D eigenvalue weighted by Gasteiger charge is 2.48. The summed E-state index contributed by atoms with van der Waals surface area (Å²) in [5.74, 6) is 0.953. The lowest BCUT2D eigenvalue weighted by atomic mass is 9.77. The molecule has 0 atom stereocenters. The van der Waals surface area contributed by atoms with E-state index >= 15 is 0 Å². The molecule has 0 aromatic carbocycles. The van der Waals surface area contributed by atoms with Crippen molar-refractivity contribution in [3.05, 3.63) is 0 Å². The maximum Gasteiger partial charge on any atom is 0.0569 e. The molecule has 3 rings (SSSR count). The molecule has 3 nitrogen and oxygen atoms in total. The number of piperidine rings is 1. The van der Waals surface area contributed by atoms with Crippen LogP contribution in [0.25, 0.3) is 0 Å². The Morgan fingerprint density at radius 2 is 1.93 bits per heavy atom. The number of rotatable bonds is 2. The van der Waals surface area contributed by atoms with Crippen LogP contribution in [0.5, 0.6) is 0 Å². The topological polar surface area (TPSA) is 24.5 Å². The number of ether oxygens (including phenoxy) is 1. The Bertz CT molecular complexity index is 201. The summed E-state index contributed by atoms with van der Waals surface area (Å²) >= 11 is 0. The summed E-state index contributed by atoms with van der Waals surface area (Å²) in [5.41, 5.74) is 0.604. The predicted octanol–water partition coefficient (Wildman–Crippen LogP) is 0.318. The van der Waals surface area contributed by atoms with Crippen molar-refractivity contribution in [2.45, 2.75) is 12.8 Å². The molecule has 1 N–H and O–H groups in total. The van der Waals surface area contributed by atoms with Crippen molar-refractivity contribution in [1.29, 1.82) is 0 Å². The lowest BCUT2D eigenvalue weighted by molar-refractivity contribution is -0.191. The van der Waals surface area contributed by atoms with Crippen LogP contribution in [0.1, 0.15) is 12.8 Å². The van der Waals surface area contributed by atoms with Gasteiger partial charge in [0.25, 0.3) is 0 Å². The molecule has 14 heavy (non-hydrogen) atoms. The summed E-state index contributed by atoms with van der Waals surface area (Å²) < 4.78 is 5.28. The summed E-state index contributed by atoms with van der Waals surface area (Å²) in [7, 11) is 0. The third kappa shape index (κ3) is 1.58. The molecule has 0 unspecified atom stereocenters. The van der Waals surface area contributed by atoms with Gasteiger partial charge in [-0.2, -0.15) is 0 Å². The van der Waals surface area contributed by atoms with Gasteiger partial charge in [-0.05, 0) is 31.8 Å². The molecule has 3 heteroatoms. The summed E-state index contributed by atoms with van der Waals surface area (Å²) in [6.07, 6.45) is 2.75. The minimum atomic E-state index is 0.604. The van der Waals surface area contributed by atoms with E-state index in [1.165, 1.54) is 45.6 Å². The van der Waals surface area contributed by atoms with Crippen molar-refractivity contribution < 1.29 is 4.74 Å². The highest BCUT2D eigenvalue weighted by atomic mass is 16.5. The molecular formula is C11H20N2O. The molecule has 3 fully saturated rings. The molecule has 3 aliphatic rings. The molecule has 3 aliphatic heterocycles. The van der Waals surface area contributed by atoms with Crippen molar-refractivity contribution >= 4 is 0 Å². The zero-order valence-electron chi connectivity index (χ0n) is 8.80. The molecule has 0 saturated carbocycles. The second kappa shape index (κ2) is 3.47. The van der Waals surface area contributed by atoms with Gasteiger partial charge < -0.3 is 15.0 Å². The van der Waals surface area contributed by atoms with E-state index in [9.17, 15) is 0 Å². The van der Waals surface area contributed by atoms with E-state index in [0.717, 1.165) is 19.1 Å². The SMILES string of the molecule is C1CC(CN2CC3(COC3)C2)CCN1. The Morgan fingerprint density at radius 3 is 2.50 bits per heavy atom. The number of likely N-dealkylation sites (tertiary alicyclic amines) is 1. The highest BCUT2D eigenvalue weighted by molar-refractivity contribution is 4.99. The standard InChI is InChI=1S/C11H20N2O/c1-3-12-4-2-10(1)5-13-6-11(7-13)8-14-9-11/h10,12H,1-9H2. The van der Waals surface area contributed by atoms with Gasteiger partial charge >= 0.3 is 0 Å². The first-order chi connectivity index (χ1) is 6.86. The quantitative estimate of drug-likeness (QED) is 0.688. The van der Waals surface area contributed by atoms with E-state index in [4.69, 9.17) is 4.74 Å². The largest absolute Gasteiger partial charge is 0.380 e. The lowest BCUT2D eigenvalue weighted by Gasteiger charge is -2.56. The fourth-order valence-electron chi connectivity index (χ4n) is 3.03. The van der Waals surface area contributed by atoms with Crippen molar-refractivity contribution in [3.63, 3.8) is 0 Å². The summed E-state index contributed by atoms with van der Waals surface area (Å²) in [5, 5.41) is 3.42. The number of nitrogens with one attached hydrogen (secondary N) is 1. The van der Waals surface area contributed by atoms with Crippen LogP contribution in [0, 0.1) is 11.3 Å². The molecule has 3 saturated heterocycles. The van der Waals surface area contributed by atoms with E-state index < -0.39 is 0 Å². The Hall–Kier alpha value is -0.120. The van der Waals surface area contributed by atoms with E-state index in [-0.39, 0.29) is 0 Å². The van der Waals surface area contributed by atoms with Crippen molar-refractivity contribution in [3.8, 4) is 0 Å². The summed E-state index contributed by atoms with van der Waals surface area (Å²) in [4.78, 5) is 2.62. The molecule has 0 radical (unpaired) electrons. The number of hydrogen-bond acceptors (Lipinski definition) is 3. The third-order valence-electron chi connectivity index (χ3n) is 3.91. The first-order valence-corrected chi connectivity index (χ1v) is 5.87. The van der Waals surface area contributed by atoms with Crippen LogP contribution in [0.2, 0.25) is 0 Å². The van der Waals surface area contributed by atoms with Crippen molar-refractivity contribution in [2.75, 3.05) is 45.9 Å². The molecule has 0 amide bonds. The van der Waals surface area contributed by atoms with E-state index in [0.29, 0.717) is 5.41 Å².